The van der Waals surface area contributed by atoms with Crippen LogP contribution in [0.15, 0.2) is 36.4 Å². The van der Waals surface area contributed by atoms with Crippen LogP contribution in [0.1, 0.15) is 54.1 Å². The van der Waals surface area contributed by atoms with Crippen LogP contribution < -0.4 is 9.64 Å². The van der Waals surface area contributed by atoms with Gasteiger partial charge in [-0.05, 0) is 80.8 Å². The van der Waals surface area contributed by atoms with Crippen molar-refractivity contribution in [2.75, 3.05) is 24.7 Å². The van der Waals surface area contributed by atoms with E-state index in [0.29, 0.717) is 18.3 Å². The molecule has 0 bridgehead atoms. The van der Waals surface area contributed by atoms with Crippen molar-refractivity contribution < 1.29 is 14.3 Å². The molecule has 1 aliphatic heterocycles. The maximum Gasteiger partial charge on any atom is 0.260 e. The minimum Gasteiger partial charge on any atom is -0.492 e. The highest BCUT2D eigenvalue weighted by molar-refractivity contribution is 7.22. The van der Waals surface area contributed by atoms with Crippen LogP contribution in [0.5, 0.6) is 5.75 Å². The smallest absolute Gasteiger partial charge is 0.260 e. The van der Waals surface area contributed by atoms with Gasteiger partial charge in [0, 0.05) is 12.2 Å². The maximum absolute atomic E-state index is 13.7. The molecule has 2 aliphatic rings. The summed E-state index contributed by atoms with van der Waals surface area (Å²) in [5, 5.41) is 0.709. The fourth-order valence-corrected chi connectivity index (χ4v) is 5.55. The van der Waals surface area contributed by atoms with Crippen LogP contribution in [0, 0.1) is 0 Å². The number of fused-ring (bicyclic) bond motifs is 2. The number of carbonyl (C=O) groups excluding carboxylic acids is 1. The quantitative estimate of drug-likeness (QED) is 0.519. The molecule has 1 unspecified atom stereocenters. The summed E-state index contributed by atoms with van der Waals surface area (Å²) in [5.41, 5.74) is 4.26. The third-order valence-electron chi connectivity index (χ3n) is 6.15. The number of rotatable bonds is 6. The van der Waals surface area contributed by atoms with E-state index in [4.69, 9.17) is 14.5 Å². The van der Waals surface area contributed by atoms with Gasteiger partial charge in [-0.25, -0.2) is 4.98 Å². The third kappa shape index (κ3) is 4.19. The molecule has 5 rings (SSSR count). The lowest BCUT2D eigenvalue weighted by molar-refractivity contribution is 0.0917. The number of aryl methyl sites for hydroxylation is 2. The molecule has 2 heterocycles. The molecule has 162 valence electrons. The van der Waals surface area contributed by atoms with Gasteiger partial charge in [-0.2, -0.15) is 0 Å². The summed E-state index contributed by atoms with van der Waals surface area (Å²) in [5.74, 6) is 0.765. The Morgan fingerprint density at radius 3 is 2.87 bits per heavy atom. The third-order valence-corrected chi connectivity index (χ3v) is 7.20. The van der Waals surface area contributed by atoms with Gasteiger partial charge in [0.1, 0.15) is 11.3 Å². The van der Waals surface area contributed by atoms with E-state index in [9.17, 15) is 4.79 Å². The van der Waals surface area contributed by atoms with Gasteiger partial charge >= 0.3 is 0 Å². The van der Waals surface area contributed by atoms with Crippen molar-refractivity contribution in [3.05, 3.63) is 53.1 Å². The standard InChI is InChI=1S/C25H28N2O3S/c1-2-29-21-10-5-11-22-23(21)26-25(31-22)27(16-20-9-6-14-30-20)24(28)19-13-12-17-7-3-4-8-18(17)15-19/h5,10-13,15,20H,2-4,6-9,14,16H2,1H3. The summed E-state index contributed by atoms with van der Waals surface area (Å²) in [6.45, 7) is 3.84. The van der Waals surface area contributed by atoms with Crippen molar-refractivity contribution in [2.45, 2.75) is 51.6 Å². The summed E-state index contributed by atoms with van der Waals surface area (Å²) >= 11 is 1.54. The van der Waals surface area contributed by atoms with Crippen molar-refractivity contribution in [1.29, 1.82) is 0 Å². The maximum atomic E-state index is 13.7. The minimum atomic E-state index is 0.000824. The van der Waals surface area contributed by atoms with Crippen LogP contribution >= 0.6 is 11.3 Å². The number of hydrogen-bond donors (Lipinski definition) is 0. The zero-order valence-corrected chi connectivity index (χ0v) is 18.7. The largest absolute Gasteiger partial charge is 0.492 e. The van der Waals surface area contributed by atoms with Crippen molar-refractivity contribution >= 4 is 32.6 Å². The van der Waals surface area contributed by atoms with E-state index in [2.05, 4.69) is 12.1 Å². The Labute approximate surface area is 187 Å². The summed E-state index contributed by atoms with van der Waals surface area (Å²) in [7, 11) is 0. The lowest BCUT2D eigenvalue weighted by Gasteiger charge is -2.24. The fraction of sp³-hybridized carbons (Fsp3) is 0.440. The zero-order chi connectivity index (χ0) is 21.2. The normalized spacial score (nSPS) is 18.2. The van der Waals surface area contributed by atoms with E-state index < -0.39 is 0 Å². The average molecular weight is 437 g/mol. The van der Waals surface area contributed by atoms with Crippen molar-refractivity contribution in [1.82, 2.24) is 4.98 Å². The van der Waals surface area contributed by atoms with Crippen LogP contribution in [-0.4, -0.2) is 36.8 Å². The number of nitrogens with zero attached hydrogens (tertiary/aromatic N) is 2. The Kier molecular flexibility index (Phi) is 5.92. The summed E-state index contributed by atoms with van der Waals surface area (Å²) in [4.78, 5) is 20.4. The zero-order valence-electron chi connectivity index (χ0n) is 17.9. The summed E-state index contributed by atoms with van der Waals surface area (Å²) < 4.78 is 12.7. The molecular formula is C25H28N2O3S. The van der Waals surface area contributed by atoms with Gasteiger partial charge in [-0.15, -0.1) is 0 Å². The molecule has 1 amide bonds. The van der Waals surface area contributed by atoms with E-state index in [1.54, 1.807) is 0 Å². The molecule has 0 spiro atoms. The lowest BCUT2D eigenvalue weighted by Crippen LogP contribution is -2.37. The highest BCUT2D eigenvalue weighted by Gasteiger charge is 2.28. The molecule has 5 nitrogen and oxygen atoms in total. The highest BCUT2D eigenvalue weighted by atomic mass is 32.1. The number of amides is 1. The Balaban J connectivity index is 1.51. The van der Waals surface area contributed by atoms with Crippen molar-refractivity contribution in [3.63, 3.8) is 0 Å². The topological polar surface area (TPSA) is 51.7 Å². The van der Waals surface area contributed by atoms with E-state index in [1.807, 2.05) is 36.1 Å². The van der Waals surface area contributed by atoms with Gasteiger partial charge in [0.05, 0.1) is 24.0 Å². The first-order chi connectivity index (χ1) is 15.2. The molecule has 0 radical (unpaired) electrons. The predicted molar refractivity (Wildman–Crippen MR) is 125 cm³/mol. The van der Waals surface area contributed by atoms with Crippen LogP contribution in [0.4, 0.5) is 5.13 Å². The molecule has 1 atom stereocenters. The van der Waals surface area contributed by atoms with E-state index in [0.717, 1.165) is 53.8 Å². The number of carbonyl (C=O) groups is 1. The Hall–Kier alpha value is -2.44. The molecule has 2 aromatic carbocycles. The van der Waals surface area contributed by atoms with Gasteiger partial charge in [0.15, 0.2) is 5.13 Å². The molecule has 6 heteroatoms. The number of aromatic nitrogens is 1. The molecule has 1 aliphatic carbocycles. The Morgan fingerprint density at radius 1 is 1.19 bits per heavy atom. The number of hydrogen-bond acceptors (Lipinski definition) is 5. The number of benzene rings is 2. The second-order valence-corrected chi connectivity index (χ2v) is 9.28. The van der Waals surface area contributed by atoms with Gasteiger partial charge in [-0.1, -0.05) is 23.5 Å². The van der Waals surface area contributed by atoms with Crippen LogP contribution in [0.2, 0.25) is 0 Å². The molecule has 31 heavy (non-hydrogen) atoms. The number of anilines is 1. The predicted octanol–water partition coefficient (Wildman–Crippen LogP) is 5.40. The Morgan fingerprint density at radius 2 is 2.06 bits per heavy atom. The monoisotopic (exact) mass is 436 g/mol. The second kappa shape index (κ2) is 8.97. The van der Waals surface area contributed by atoms with E-state index in [-0.39, 0.29) is 12.0 Å². The summed E-state index contributed by atoms with van der Waals surface area (Å²) in [6, 6.07) is 12.2. The fourth-order valence-electron chi connectivity index (χ4n) is 4.56. The lowest BCUT2D eigenvalue weighted by atomic mass is 9.90. The molecule has 1 saturated heterocycles. The van der Waals surface area contributed by atoms with E-state index in [1.165, 1.54) is 35.3 Å². The molecule has 3 aromatic rings. The minimum absolute atomic E-state index is 0.000824. The van der Waals surface area contributed by atoms with E-state index >= 15 is 0 Å². The number of thiazole rings is 1. The molecule has 0 saturated carbocycles. The first-order valence-electron chi connectivity index (χ1n) is 11.3. The van der Waals surface area contributed by atoms with Crippen molar-refractivity contribution in [3.8, 4) is 5.75 Å². The van der Waals surface area contributed by atoms with Gasteiger partial charge in [0.25, 0.3) is 5.91 Å². The molecular weight excluding hydrogens is 408 g/mol. The number of para-hydroxylation sites is 1. The Bertz CT molecular complexity index is 1090. The second-order valence-electron chi connectivity index (χ2n) is 8.27. The first-order valence-corrected chi connectivity index (χ1v) is 12.1. The van der Waals surface area contributed by atoms with Gasteiger partial charge < -0.3 is 9.47 Å². The van der Waals surface area contributed by atoms with Crippen LogP contribution in [-0.2, 0) is 17.6 Å². The molecule has 1 aromatic heterocycles. The molecule has 0 N–H and O–H groups in total. The van der Waals surface area contributed by atoms with Crippen molar-refractivity contribution in [2.24, 2.45) is 0 Å². The average Bonchev–Trinajstić information content (AvgIpc) is 3.47. The van der Waals surface area contributed by atoms with Crippen LogP contribution in [0.25, 0.3) is 10.2 Å². The molecule has 1 fully saturated rings. The summed E-state index contributed by atoms with van der Waals surface area (Å²) in [6.07, 6.45) is 6.67. The number of ether oxygens (including phenoxy) is 2. The van der Waals surface area contributed by atoms with Crippen LogP contribution in [0.3, 0.4) is 0 Å². The highest BCUT2D eigenvalue weighted by Crippen LogP contribution is 2.35. The van der Waals surface area contributed by atoms with Gasteiger partial charge in [-0.3, -0.25) is 9.69 Å². The SMILES string of the molecule is CCOc1cccc2sc(N(CC3CCCO3)C(=O)c3ccc4c(c3)CCCC4)nc12. The van der Waals surface area contributed by atoms with Gasteiger partial charge in [0.2, 0.25) is 0 Å². The first kappa shape index (κ1) is 20.5.